The van der Waals surface area contributed by atoms with E-state index in [1.54, 1.807) is 35.9 Å². The molecule has 1 fully saturated rings. The number of alkyl halides is 3. The number of nitrogens with zero attached hydrogens (tertiary/aromatic N) is 5. The number of hydrogen-bond acceptors (Lipinski definition) is 4. The van der Waals surface area contributed by atoms with E-state index < -0.39 is 12.2 Å². The molecule has 0 unspecified atom stereocenters. The van der Waals surface area contributed by atoms with Gasteiger partial charge in [-0.15, -0.1) is 0 Å². The van der Waals surface area contributed by atoms with Gasteiger partial charge in [0.2, 0.25) is 0 Å². The molecule has 0 saturated carbocycles. The molecule has 1 saturated heterocycles. The van der Waals surface area contributed by atoms with Crippen LogP contribution in [0.4, 0.5) is 13.2 Å². The zero-order chi connectivity index (χ0) is 24.8. The molecule has 3 aromatic rings. The van der Waals surface area contributed by atoms with Crippen LogP contribution in [0.3, 0.4) is 0 Å². The summed E-state index contributed by atoms with van der Waals surface area (Å²) in [5.41, 5.74) is 3.03. The molecule has 9 heteroatoms. The minimum atomic E-state index is -4.26. The largest absolute Gasteiger partial charge is 0.404 e. The van der Waals surface area contributed by atoms with Gasteiger partial charge in [0.1, 0.15) is 6.04 Å². The lowest BCUT2D eigenvalue weighted by atomic mass is 9.97. The third-order valence-corrected chi connectivity index (χ3v) is 6.22. The monoisotopic (exact) mass is 471 g/mol. The molecule has 4 rings (SSSR count). The van der Waals surface area contributed by atoms with Crippen LogP contribution in [0.1, 0.15) is 44.7 Å². The second kappa shape index (κ2) is 8.58. The molecule has 180 valence electrons. The van der Waals surface area contributed by atoms with Crippen LogP contribution >= 0.6 is 0 Å². The van der Waals surface area contributed by atoms with Gasteiger partial charge in [-0.1, -0.05) is 26.8 Å². The Morgan fingerprint density at radius 2 is 1.91 bits per heavy atom. The lowest BCUT2D eigenvalue weighted by molar-refractivity contribution is -0.177. The average Bonchev–Trinajstić information content (AvgIpc) is 3.32. The molecule has 1 aliphatic rings. The van der Waals surface area contributed by atoms with Crippen molar-refractivity contribution in [3.05, 3.63) is 51.9 Å². The zero-order valence-corrected chi connectivity index (χ0v) is 19.8. The Hall–Kier alpha value is -3.12. The molecule has 3 heterocycles. The molecule has 34 heavy (non-hydrogen) atoms. The first kappa shape index (κ1) is 24.0. The first-order valence-electron chi connectivity index (χ1n) is 11.3. The molecule has 1 aromatic carbocycles. The highest BCUT2D eigenvalue weighted by atomic mass is 19.4. The highest BCUT2D eigenvalue weighted by Crippen LogP contribution is 2.34. The number of hydrogen-bond donors (Lipinski definition) is 0. The SMILES string of the molecule is Cn1c(=O)n(CC(C)(C)C)c2ccc(-c3cc(CN4CCC[C@@H]4C(F)(F)F)ccc3C#N)nc21. The van der Waals surface area contributed by atoms with Crippen LogP contribution in [0.25, 0.3) is 22.4 Å². The van der Waals surface area contributed by atoms with Crippen molar-refractivity contribution in [1.29, 1.82) is 5.26 Å². The van der Waals surface area contributed by atoms with Crippen molar-refractivity contribution in [1.82, 2.24) is 19.0 Å². The molecular formula is C25H28F3N5O. The lowest BCUT2D eigenvalue weighted by Crippen LogP contribution is -2.40. The van der Waals surface area contributed by atoms with Gasteiger partial charge < -0.3 is 0 Å². The number of aromatic nitrogens is 3. The first-order valence-corrected chi connectivity index (χ1v) is 11.3. The summed E-state index contributed by atoms with van der Waals surface area (Å²) < 4.78 is 43.3. The van der Waals surface area contributed by atoms with Gasteiger partial charge in [-0.25, -0.2) is 9.78 Å². The fraction of sp³-hybridized carbons (Fsp3) is 0.480. The van der Waals surface area contributed by atoms with Crippen molar-refractivity contribution in [2.24, 2.45) is 12.5 Å². The summed E-state index contributed by atoms with van der Waals surface area (Å²) in [5.74, 6) is 0. The Morgan fingerprint density at radius 3 is 2.56 bits per heavy atom. The van der Waals surface area contributed by atoms with Gasteiger partial charge in [0.15, 0.2) is 5.65 Å². The highest BCUT2D eigenvalue weighted by molar-refractivity contribution is 5.78. The topological polar surface area (TPSA) is 66.8 Å². The molecule has 6 nitrogen and oxygen atoms in total. The standard InChI is InChI=1S/C25H28F3N5O/c1-24(2,3)15-33-20-10-9-19(30-22(20)31(4)23(33)34)18-12-16(7-8-17(18)13-29)14-32-11-5-6-21(32)25(26,27)28/h7-10,12,21H,5-6,11,14-15H2,1-4H3/t21-/m1/s1. The van der Waals surface area contributed by atoms with Crippen molar-refractivity contribution < 1.29 is 13.2 Å². The molecule has 0 bridgehead atoms. The predicted octanol–water partition coefficient (Wildman–Crippen LogP) is 4.85. The van der Waals surface area contributed by atoms with E-state index in [4.69, 9.17) is 0 Å². The van der Waals surface area contributed by atoms with Gasteiger partial charge in [0.25, 0.3) is 0 Å². The van der Waals surface area contributed by atoms with Crippen LogP contribution < -0.4 is 5.69 Å². The summed E-state index contributed by atoms with van der Waals surface area (Å²) in [5, 5.41) is 9.65. The van der Waals surface area contributed by atoms with E-state index in [9.17, 15) is 23.2 Å². The summed E-state index contributed by atoms with van der Waals surface area (Å²) in [7, 11) is 1.66. The quantitative estimate of drug-likeness (QED) is 0.546. The van der Waals surface area contributed by atoms with Crippen molar-refractivity contribution in [2.75, 3.05) is 6.54 Å². The average molecular weight is 472 g/mol. The Labute approximate surface area is 196 Å². The molecule has 0 spiro atoms. The van der Waals surface area contributed by atoms with E-state index in [0.29, 0.717) is 53.1 Å². The molecule has 0 amide bonds. The van der Waals surface area contributed by atoms with E-state index in [0.717, 1.165) is 0 Å². The number of likely N-dealkylation sites (tertiary alicyclic amines) is 1. The maximum absolute atomic E-state index is 13.4. The van der Waals surface area contributed by atoms with Gasteiger partial charge in [-0.05, 0) is 54.6 Å². The normalized spacial score (nSPS) is 17.4. The summed E-state index contributed by atoms with van der Waals surface area (Å²) >= 11 is 0. The number of fused-ring (bicyclic) bond motifs is 1. The van der Waals surface area contributed by atoms with E-state index in [2.05, 4.69) is 31.8 Å². The number of nitriles is 1. The lowest BCUT2D eigenvalue weighted by Gasteiger charge is -2.26. The number of rotatable bonds is 4. The van der Waals surface area contributed by atoms with Crippen molar-refractivity contribution in [2.45, 2.75) is 58.9 Å². The van der Waals surface area contributed by atoms with Crippen LogP contribution in [-0.2, 0) is 20.1 Å². The van der Waals surface area contributed by atoms with Crippen LogP contribution in [0.15, 0.2) is 35.1 Å². The number of pyridine rings is 1. The van der Waals surface area contributed by atoms with E-state index in [1.165, 1.54) is 9.47 Å². The minimum Gasteiger partial charge on any atom is -0.290 e. The summed E-state index contributed by atoms with van der Waals surface area (Å²) in [6, 6.07) is 9.34. The molecule has 1 atom stereocenters. The van der Waals surface area contributed by atoms with Crippen LogP contribution in [0.2, 0.25) is 0 Å². The Balaban J connectivity index is 1.74. The zero-order valence-electron chi connectivity index (χ0n) is 19.8. The summed E-state index contributed by atoms with van der Waals surface area (Å²) in [4.78, 5) is 19.0. The molecule has 1 aliphatic heterocycles. The first-order chi connectivity index (χ1) is 15.9. The number of benzene rings is 1. The van der Waals surface area contributed by atoms with Gasteiger partial charge >= 0.3 is 11.9 Å². The smallest absolute Gasteiger partial charge is 0.290 e. The Bertz CT molecular complexity index is 1320. The van der Waals surface area contributed by atoms with Gasteiger partial charge in [-0.3, -0.25) is 14.0 Å². The minimum absolute atomic E-state index is 0.102. The Kier molecular flexibility index (Phi) is 6.06. The fourth-order valence-electron chi connectivity index (χ4n) is 4.67. The third-order valence-electron chi connectivity index (χ3n) is 6.22. The number of halogens is 3. The van der Waals surface area contributed by atoms with E-state index in [1.807, 2.05) is 6.07 Å². The Morgan fingerprint density at radius 1 is 1.18 bits per heavy atom. The second-order valence-corrected chi connectivity index (χ2v) is 10.2. The summed E-state index contributed by atoms with van der Waals surface area (Å²) in [6.45, 7) is 7.20. The van der Waals surface area contributed by atoms with Crippen molar-refractivity contribution in [3.63, 3.8) is 0 Å². The maximum atomic E-state index is 13.4. The van der Waals surface area contributed by atoms with Crippen molar-refractivity contribution >= 4 is 11.2 Å². The van der Waals surface area contributed by atoms with Crippen molar-refractivity contribution in [3.8, 4) is 17.3 Å². The van der Waals surface area contributed by atoms with E-state index in [-0.39, 0.29) is 24.1 Å². The highest BCUT2D eigenvalue weighted by Gasteiger charge is 2.45. The maximum Gasteiger partial charge on any atom is 0.404 e. The van der Waals surface area contributed by atoms with Gasteiger partial charge in [0.05, 0.1) is 22.8 Å². The van der Waals surface area contributed by atoms with Crippen LogP contribution in [-0.4, -0.2) is 37.8 Å². The molecule has 0 aliphatic carbocycles. The predicted molar refractivity (Wildman–Crippen MR) is 124 cm³/mol. The second-order valence-electron chi connectivity index (χ2n) is 10.2. The molecule has 0 radical (unpaired) electrons. The third kappa shape index (κ3) is 4.60. The summed E-state index contributed by atoms with van der Waals surface area (Å²) in [6.07, 6.45) is -3.65. The molecule has 0 N–H and O–H groups in total. The van der Waals surface area contributed by atoms with Crippen LogP contribution in [0.5, 0.6) is 0 Å². The number of imidazole rings is 1. The number of aryl methyl sites for hydroxylation is 1. The van der Waals surface area contributed by atoms with E-state index >= 15 is 0 Å². The fourth-order valence-corrected chi connectivity index (χ4v) is 4.67. The van der Waals surface area contributed by atoms with Gasteiger partial charge in [-0.2, -0.15) is 18.4 Å². The molecule has 2 aromatic heterocycles. The molecular weight excluding hydrogens is 443 g/mol. The van der Waals surface area contributed by atoms with Gasteiger partial charge in [0, 0.05) is 25.7 Å². The van der Waals surface area contributed by atoms with Crippen LogP contribution in [0, 0.1) is 16.7 Å².